The topological polar surface area (TPSA) is 78.1 Å². The van der Waals surface area contributed by atoms with Crippen LogP contribution in [-0.4, -0.2) is 16.6 Å². The highest BCUT2D eigenvalue weighted by Gasteiger charge is 2.44. The summed E-state index contributed by atoms with van der Waals surface area (Å²) in [6.45, 7) is 9.44. The Morgan fingerprint density at radius 1 is 0.636 bits per heavy atom. The normalized spacial score (nSPS) is 15.3. The van der Waals surface area contributed by atoms with E-state index in [1.165, 1.54) is 0 Å². The molecule has 0 amide bonds. The third kappa shape index (κ3) is 1.92. The first-order chi connectivity index (χ1) is 4.50. The van der Waals surface area contributed by atoms with Crippen LogP contribution in [0, 0.1) is 0 Å². The fourth-order valence-electron chi connectivity index (χ4n) is 0.830. The maximum Gasteiger partial charge on any atom is 0.0479 e. The predicted octanol–water partition coefficient (Wildman–Crippen LogP) is 0.178. The smallest absolute Gasteiger partial charge is 0.0479 e. The Kier molecular flexibility index (Phi) is 2.41. The monoisotopic (exact) mass is 159 g/mol. The molecule has 11 heavy (non-hydrogen) atoms. The molecule has 0 rings (SSSR count). The van der Waals surface area contributed by atoms with E-state index in [-0.39, 0.29) is 0 Å². The van der Waals surface area contributed by atoms with Gasteiger partial charge in [0.1, 0.15) is 0 Å². The second kappa shape index (κ2) is 2.44. The van der Waals surface area contributed by atoms with Gasteiger partial charge in [-0.25, -0.2) is 0 Å². The molecule has 0 saturated carbocycles. The quantitative estimate of drug-likeness (QED) is 0.538. The van der Waals surface area contributed by atoms with Gasteiger partial charge in [0.05, 0.1) is 0 Å². The van der Waals surface area contributed by atoms with Gasteiger partial charge in [-0.1, -0.05) is 0 Å². The van der Waals surface area contributed by atoms with Gasteiger partial charge in [-0.05, 0) is 34.6 Å². The Labute approximate surface area is 69.3 Å². The minimum absolute atomic E-state index is 0.467. The zero-order valence-electron chi connectivity index (χ0n) is 8.23. The minimum atomic E-state index is -0.569. The van der Waals surface area contributed by atoms with Gasteiger partial charge < -0.3 is 17.2 Å². The fraction of sp³-hybridized carbons (Fsp3) is 1.00. The summed E-state index contributed by atoms with van der Waals surface area (Å²) < 4.78 is 0. The molecule has 0 atom stereocenters. The number of hydrogen-bond acceptors (Lipinski definition) is 3. The van der Waals surface area contributed by atoms with Crippen LogP contribution in [0.1, 0.15) is 34.6 Å². The van der Waals surface area contributed by atoms with Crippen molar-refractivity contribution in [3.63, 3.8) is 0 Å². The summed E-state index contributed by atoms with van der Waals surface area (Å²) in [7, 11) is 0. The van der Waals surface area contributed by atoms with Crippen LogP contribution in [0.5, 0.6) is 0 Å². The Morgan fingerprint density at radius 2 is 0.818 bits per heavy atom. The van der Waals surface area contributed by atoms with Crippen molar-refractivity contribution in [3.8, 4) is 0 Å². The molecule has 68 valence electrons. The first-order valence-electron chi connectivity index (χ1n) is 3.87. The minimum Gasteiger partial charge on any atom is -0.324 e. The summed E-state index contributed by atoms with van der Waals surface area (Å²) in [6, 6.07) is 0. The van der Waals surface area contributed by atoms with Crippen LogP contribution in [0.15, 0.2) is 0 Å². The van der Waals surface area contributed by atoms with E-state index in [2.05, 4.69) is 0 Å². The van der Waals surface area contributed by atoms with Crippen LogP contribution >= 0.6 is 0 Å². The van der Waals surface area contributed by atoms with Crippen LogP contribution in [0.3, 0.4) is 0 Å². The Hall–Kier alpha value is -0.120. The van der Waals surface area contributed by atoms with Gasteiger partial charge >= 0.3 is 0 Å². The summed E-state index contributed by atoms with van der Waals surface area (Å²) >= 11 is 0. The largest absolute Gasteiger partial charge is 0.324 e. The van der Waals surface area contributed by atoms with Crippen LogP contribution in [-0.2, 0) is 0 Å². The Bertz CT molecular complexity index is 120. The molecule has 0 aliphatic heterocycles. The van der Waals surface area contributed by atoms with E-state index < -0.39 is 16.6 Å². The summed E-state index contributed by atoms with van der Waals surface area (Å²) in [4.78, 5) is 0. The highest BCUT2D eigenvalue weighted by molar-refractivity contribution is 5.10. The first-order valence-corrected chi connectivity index (χ1v) is 3.87. The molecule has 0 radical (unpaired) electrons. The molecule has 0 aliphatic carbocycles. The Balaban J connectivity index is 4.75. The number of rotatable bonds is 2. The van der Waals surface area contributed by atoms with Crippen molar-refractivity contribution in [2.75, 3.05) is 0 Å². The lowest BCUT2D eigenvalue weighted by Gasteiger charge is -2.47. The molecule has 3 nitrogen and oxygen atoms in total. The average molecular weight is 159 g/mol. The molecule has 0 fully saturated rings. The third-order valence-corrected chi connectivity index (χ3v) is 2.68. The van der Waals surface area contributed by atoms with Gasteiger partial charge in [0.2, 0.25) is 0 Å². The first kappa shape index (κ1) is 10.9. The van der Waals surface area contributed by atoms with Crippen molar-refractivity contribution < 1.29 is 0 Å². The average Bonchev–Trinajstić information content (AvgIpc) is 1.58. The summed E-state index contributed by atoms with van der Waals surface area (Å²) in [5.41, 5.74) is 16.3. The van der Waals surface area contributed by atoms with Crippen molar-refractivity contribution in [1.82, 2.24) is 0 Å². The number of hydrogen-bond donors (Lipinski definition) is 3. The molecule has 0 aromatic rings. The lowest BCUT2D eigenvalue weighted by molar-refractivity contribution is 0.178. The van der Waals surface area contributed by atoms with Gasteiger partial charge in [0, 0.05) is 16.6 Å². The standard InChI is InChI=1S/C8H21N3/c1-6(2,9)8(5,11)7(3,4)10/h9-11H2,1-5H3. The van der Waals surface area contributed by atoms with E-state index in [1.54, 1.807) is 0 Å². The zero-order valence-corrected chi connectivity index (χ0v) is 8.23. The highest BCUT2D eigenvalue weighted by Crippen LogP contribution is 2.25. The van der Waals surface area contributed by atoms with E-state index in [0.717, 1.165) is 0 Å². The van der Waals surface area contributed by atoms with E-state index in [0.29, 0.717) is 0 Å². The molecular formula is C8H21N3. The number of nitrogens with two attached hydrogens (primary N) is 3. The summed E-state index contributed by atoms with van der Waals surface area (Å²) in [5, 5.41) is 0. The van der Waals surface area contributed by atoms with Gasteiger partial charge in [-0.15, -0.1) is 0 Å². The van der Waals surface area contributed by atoms with Crippen LogP contribution in [0.4, 0.5) is 0 Å². The molecule has 3 heteroatoms. The lowest BCUT2D eigenvalue weighted by Crippen LogP contribution is -2.73. The van der Waals surface area contributed by atoms with Crippen molar-refractivity contribution in [1.29, 1.82) is 0 Å². The van der Waals surface area contributed by atoms with Gasteiger partial charge in [0.25, 0.3) is 0 Å². The van der Waals surface area contributed by atoms with Crippen LogP contribution in [0.25, 0.3) is 0 Å². The molecule has 6 N–H and O–H groups in total. The maximum atomic E-state index is 6.02. The van der Waals surface area contributed by atoms with E-state index in [4.69, 9.17) is 17.2 Å². The second-order valence-corrected chi connectivity index (χ2v) is 4.65. The summed E-state index contributed by atoms with van der Waals surface area (Å²) in [6.07, 6.45) is 0. The van der Waals surface area contributed by atoms with Gasteiger partial charge in [0.15, 0.2) is 0 Å². The van der Waals surface area contributed by atoms with Crippen molar-refractivity contribution in [2.45, 2.75) is 51.2 Å². The fourth-order valence-corrected chi connectivity index (χ4v) is 0.830. The second-order valence-electron chi connectivity index (χ2n) is 4.65. The molecule has 0 aromatic carbocycles. The molecule has 0 heterocycles. The molecule has 0 saturated heterocycles. The van der Waals surface area contributed by atoms with Crippen LogP contribution < -0.4 is 17.2 Å². The van der Waals surface area contributed by atoms with Crippen molar-refractivity contribution in [3.05, 3.63) is 0 Å². The molecule has 0 spiro atoms. The predicted molar refractivity (Wildman–Crippen MR) is 49.1 cm³/mol. The van der Waals surface area contributed by atoms with E-state index >= 15 is 0 Å². The molecule has 0 aliphatic rings. The molecule has 0 aromatic heterocycles. The van der Waals surface area contributed by atoms with Gasteiger partial charge in [-0.2, -0.15) is 0 Å². The van der Waals surface area contributed by atoms with Crippen molar-refractivity contribution in [2.24, 2.45) is 17.2 Å². The molecule has 0 unspecified atom stereocenters. The lowest BCUT2D eigenvalue weighted by atomic mass is 9.70. The third-order valence-electron chi connectivity index (χ3n) is 2.68. The zero-order chi connectivity index (χ0) is 9.50. The Morgan fingerprint density at radius 3 is 0.818 bits per heavy atom. The molecular weight excluding hydrogens is 138 g/mol. The maximum absolute atomic E-state index is 6.02. The van der Waals surface area contributed by atoms with Crippen LogP contribution in [0.2, 0.25) is 0 Å². The summed E-state index contributed by atoms with van der Waals surface area (Å²) in [5.74, 6) is 0. The molecule has 0 bridgehead atoms. The SMILES string of the molecule is CC(C)(N)C(C)(N)C(C)(C)N. The van der Waals surface area contributed by atoms with Crippen molar-refractivity contribution >= 4 is 0 Å². The highest BCUT2D eigenvalue weighted by atomic mass is 15.0. The van der Waals surface area contributed by atoms with E-state index in [9.17, 15) is 0 Å². The van der Waals surface area contributed by atoms with E-state index in [1.807, 2.05) is 34.6 Å². The van der Waals surface area contributed by atoms with Gasteiger partial charge in [-0.3, -0.25) is 0 Å².